The number of benzene rings is 2. The van der Waals surface area contributed by atoms with Gasteiger partial charge in [-0.05, 0) is 62.6 Å². The van der Waals surface area contributed by atoms with Crippen molar-refractivity contribution in [3.8, 4) is 0 Å². The van der Waals surface area contributed by atoms with Crippen LogP contribution < -0.4 is 5.32 Å². The molecule has 1 unspecified atom stereocenters. The van der Waals surface area contributed by atoms with Crippen LogP contribution in [0.15, 0.2) is 59.6 Å². The molecule has 1 N–H and O–H groups in total. The Labute approximate surface area is 194 Å². The number of ketones is 1. The van der Waals surface area contributed by atoms with Gasteiger partial charge in [0.2, 0.25) is 15.9 Å². The molecule has 1 amide bonds. The lowest BCUT2D eigenvalue weighted by Gasteiger charge is -2.33. The summed E-state index contributed by atoms with van der Waals surface area (Å²) in [5.41, 5.74) is 2.20. The van der Waals surface area contributed by atoms with Gasteiger partial charge in [0.05, 0.1) is 4.90 Å². The lowest BCUT2D eigenvalue weighted by atomic mass is 10.0. The predicted molar refractivity (Wildman–Crippen MR) is 129 cm³/mol. The summed E-state index contributed by atoms with van der Waals surface area (Å²) >= 11 is 0. The van der Waals surface area contributed by atoms with Crippen molar-refractivity contribution in [3.63, 3.8) is 0 Å². The van der Waals surface area contributed by atoms with Crippen LogP contribution in [0.1, 0.15) is 49.9 Å². The molecule has 0 spiro atoms. The molecular formula is C25H29N3O4S. The fraction of sp³-hybridized carbons (Fsp3) is 0.360. The zero-order valence-electron chi connectivity index (χ0n) is 19.0. The molecule has 7 nitrogen and oxygen atoms in total. The summed E-state index contributed by atoms with van der Waals surface area (Å²) in [7, 11) is -3.87. The van der Waals surface area contributed by atoms with E-state index in [9.17, 15) is 18.0 Å². The topological polar surface area (TPSA) is 88.5 Å². The van der Waals surface area contributed by atoms with Gasteiger partial charge in [-0.3, -0.25) is 9.59 Å². The maximum Gasteiger partial charge on any atom is 0.243 e. The first-order chi connectivity index (χ1) is 15.8. The fourth-order valence-electron chi connectivity index (χ4n) is 4.39. The molecule has 1 atom stereocenters. The number of rotatable bonds is 7. The van der Waals surface area contributed by atoms with Crippen molar-refractivity contribution in [2.75, 3.05) is 11.9 Å². The first-order valence-corrected chi connectivity index (χ1v) is 12.8. The van der Waals surface area contributed by atoms with Gasteiger partial charge in [-0.25, -0.2) is 8.42 Å². The Morgan fingerprint density at radius 1 is 1.06 bits per heavy atom. The average molecular weight is 468 g/mol. The van der Waals surface area contributed by atoms with Crippen molar-refractivity contribution >= 4 is 38.3 Å². The van der Waals surface area contributed by atoms with Gasteiger partial charge in [0.25, 0.3) is 0 Å². The molecule has 4 rings (SSSR count). The number of anilines is 1. The van der Waals surface area contributed by atoms with Crippen molar-refractivity contribution in [2.45, 2.75) is 57.0 Å². The minimum absolute atomic E-state index is 0.0888. The van der Waals surface area contributed by atoms with Crippen molar-refractivity contribution in [1.29, 1.82) is 0 Å². The van der Waals surface area contributed by atoms with Crippen molar-refractivity contribution < 1.29 is 18.0 Å². The molecule has 1 fully saturated rings. The fourth-order valence-corrected chi connectivity index (χ4v) is 6.05. The van der Waals surface area contributed by atoms with Gasteiger partial charge in [0.15, 0.2) is 5.78 Å². The molecule has 0 saturated carbocycles. The van der Waals surface area contributed by atoms with E-state index < -0.39 is 16.1 Å². The largest absolute Gasteiger partial charge is 0.347 e. The number of carbonyl (C=O) groups excluding carboxylic acids is 2. The highest BCUT2D eigenvalue weighted by Gasteiger charge is 2.37. The van der Waals surface area contributed by atoms with Crippen molar-refractivity contribution in [1.82, 2.24) is 8.87 Å². The van der Waals surface area contributed by atoms with E-state index in [-0.39, 0.29) is 23.1 Å². The van der Waals surface area contributed by atoms with Crippen LogP contribution >= 0.6 is 0 Å². The van der Waals surface area contributed by atoms with Crippen molar-refractivity contribution in [2.24, 2.45) is 0 Å². The molecule has 0 radical (unpaired) electrons. The SMILES string of the molecule is CCCn1ccc2cc(NC(=O)C3CCCCN3S(=O)(=O)c3ccc(C(C)=O)cc3)ccc21. The van der Waals surface area contributed by atoms with Crippen molar-refractivity contribution in [3.05, 3.63) is 60.3 Å². The third-order valence-corrected chi connectivity index (χ3v) is 8.05. The second-order valence-corrected chi connectivity index (χ2v) is 10.4. The number of aryl methyl sites for hydroxylation is 1. The third kappa shape index (κ3) is 4.72. The molecule has 1 aromatic heterocycles. The van der Waals surface area contributed by atoms with E-state index in [1.165, 1.54) is 35.5 Å². The first-order valence-electron chi connectivity index (χ1n) is 11.3. The number of nitrogens with one attached hydrogen (secondary N) is 1. The Morgan fingerprint density at radius 2 is 1.82 bits per heavy atom. The zero-order valence-corrected chi connectivity index (χ0v) is 19.8. The van der Waals surface area contributed by atoms with Gasteiger partial charge in [0.1, 0.15) is 6.04 Å². The number of hydrogen-bond donors (Lipinski definition) is 1. The summed E-state index contributed by atoms with van der Waals surface area (Å²) in [4.78, 5) is 24.8. The Kier molecular flexibility index (Phi) is 6.67. The van der Waals surface area contributed by atoms with E-state index in [1.54, 1.807) is 0 Å². The average Bonchev–Trinajstić information content (AvgIpc) is 3.21. The maximum absolute atomic E-state index is 13.3. The molecular weight excluding hydrogens is 438 g/mol. The van der Waals surface area contributed by atoms with Gasteiger partial charge in [-0.15, -0.1) is 0 Å². The molecule has 174 valence electrons. The van der Waals surface area contributed by atoms with Crippen LogP contribution in [0.2, 0.25) is 0 Å². The van der Waals surface area contributed by atoms with E-state index in [0.717, 1.165) is 30.3 Å². The molecule has 8 heteroatoms. The Hall–Kier alpha value is -2.97. The van der Waals surface area contributed by atoms with Gasteiger partial charge in [0, 0.05) is 41.4 Å². The van der Waals surface area contributed by atoms with Crippen LogP contribution in [0.25, 0.3) is 10.9 Å². The molecule has 0 bridgehead atoms. The Balaban J connectivity index is 1.55. The highest BCUT2D eigenvalue weighted by atomic mass is 32.2. The number of nitrogens with zero attached hydrogens (tertiary/aromatic N) is 2. The van der Waals surface area contributed by atoms with Gasteiger partial charge >= 0.3 is 0 Å². The zero-order chi connectivity index (χ0) is 23.6. The third-order valence-electron chi connectivity index (χ3n) is 6.13. The molecule has 1 aliphatic rings. The summed E-state index contributed by atoms with van der Waals surface area (Å²) < 4.78 is 30.1. The summed E-state index contributed by atoms with van der Waals surface area (Å²) in [6, 6.07) is 12.9. The minimum atomic E-state index is -3.87. The number of carbonyl (C=O) groups is 2. The summed E-state index contributed by atoms with van der Waals surface area (Å²) in [5.74, 6) is -0.456. The number of Topliss-reactive ketones (excluding diaryl/α,β-unsaturated/α-hetero) is 1. The quantitative estimate of drug-likeness (QED) is 0.521. The minimum Gasteiger partial charge on any atom is -0.347 e. The summed E-state index contributed by atoms with van der Waals surface area (Å²) in [6.07, 6.45) is 5.02. The van der Waals surface area contributed by atoms with E-state index in [0.29, 0.717) is 24.1 Å². The van der Waals surface area contributed by atoms with E-state index in [2.05, 4.69) is 16.8 Å². The highest BCUT2D eigenvalue weighted by molar-refractivity contribution is 7.89. The summed E-state index contributed by atoms with van der Waals surface area (Å²) in [6.45, 7) is 4.78. The van der Waals surface area contributed by atoms with Crippen LogP contribution in [0.4, 0.5) is 5.69 Å². The standard InChI is InChI=1S/C25H29N3O4S/c1-3-14-27-16-13-20-17-21(9-12-23(20)27)26-25(30)24-6-4-5-15-28(24)33(31,32)22-10-7-19(8-11-22)18(2)29/h7-13,16-17,24H,3-6,14-15H2,1-2H3,(H,26,30). The molecule has 2 aromatic carbocycles. The number of hydrogen-bond acceptors (Lipinski definition) is 4. The smallest absolute Gasteiger partial charge is 0.243 e. The van der Waals surface area contributed by atoms with Crippen LogP contribution in [-0.4, -0.2) is 41.6 Å². The summed E-state index contributed by atoms with van der Waals surface area (Å²) in [5, 5.41) is 3.95. The monoisotopic (exact) mass is 467 g/mol. The number of amides is 1. The van der Waals surface area contributed by atoms with Crippen LogP contribution in [-0.2, 0) is 21.4 Å². The maximum atomic E-state index is 13.3. The predicted octanol–water partition coefficient (Wildman–Crippen LogP) is 4.44. The lowest BCUT2D eigenvalue weighted by molar-refractivity contribution is -0.120. The van der Waals surface area contributed by atoms with Crippen LogP contribution in [0, 0.1) is 0 Å². The number of aromatic nitrogens is 1. The van der Waals surface area contributed by atoms with E-state index >= 15 is 0 Å². The molecule has 0 aliphatic carbocycles. The first kappa shape index (κ1) is 23.2. The number of fused-ring (bicyclic) bond motifs is 1. The highest BCUT2D eigenvalue weighted by Crippen LogP contribution is 2.27. The molecule has 2 heterocycles. The normalized spacial score (nSPS) is 17.2. The van der Waals surface area contributed by atoms with Gasteiger partial charge < -0.3 is 9.88 Å². The second kappa shape index (κ2) is 9.49. The second-order valence-electron chi connectivity index (χ2n) is 8.48. The van der Waals surface area contributed by atoms with E-state index in [4.69, 9.17) is 0 Å². The number of piperidine rings is 1. The lowest BCUT2D eigenvalue weighted by Crippen LogP contribution is -2.49. The van der Waals surface area contributed by atoms with Gasteiger partial charge in [-0.1, -0.05) is 25.5 Å². The van der Waals surface area contributed by atoms with E-state index in [1.807, 2.05) is 30.5 Å². The molecule has 1 saturated heterocycles. The van der Waals surface area contributed by atoms with Gasteiger partial charge in [-0.2, -0.15) is 4.31 Å². The Bertz CT molecular complexity index is 1280. The molecule has 3 aromatic rings. The number of sulfonamides is 1. The molecule has 33 heavy (non-hydrogen) atoms. The Morgan fingerprint density at radius 3 is 2.52 bits per heavy atom. The van der Waals surface area contributed by atoms with Crippen LogP contribution in [0.5, 0.6) is 0 Å². The van der Waals surface area contributed by atoms with Crippen LogP contribution in [0.3, 0.4) is 0 Å². The molecule has 1 aliphatic heterocycles.